The molecule has 4 heteroatoms. The van der Waals surface area contributed by atoms with E-state index < -0.39 is 0 Å². The van der Waals surface area contributed by atoms with Crippen molar-refractivity contribution < 1.29 is 0 Å². The van der Waals surface area contributed by atoms with E-state index >= 15 is 0 Å². The van der Waals surface area contributed by atoms with E-state index in [0.717, 1.165) is 18.0 Å². The van der Waals surface area contributed by atoms with E-state index in [1.807, 2.05) is 23.9 Å². The second kappa shape index (κ2) is 8.81. The molecule has 0 radical (unpaired) electrons. The van der Waals surface area contributed by atoms with Crippen LogP contribution in [0.3, 0.4) is 0 Å². The van der Waals surface area contributed by atoms with E-state index in [1.165, 1.54) is 10.5 Å². The smallest absolute Gasteiger partial charge is 0.170 e. The van der Waals surface area contributed by atoms with Crippen molar-refractivity contribution in [1.29, 1.82) is 0 Å². The maximum absolute atomic E-state index is 5.34. The molecule has 0 amide bonds. The summed E-state index contributed by atoms with van der Waals surface area (Å²) in [6.07, 6.45) is 0. The predicted molar refractivity (Wildman–Crippen MR) is 102 cm³/mol. The van der Waals surface area contributed by atoms with Crippen molar-refractivity contribution in [2.75, 3.05) is 17.6 Å². The summed E-state index contributed by atoms with van der Waals surface area (Å²) in [7, 11) is 0. The fourth-order valence-corrected chi connectivity index (χ4v) is 3.01. The van der Waals surface area contributed by atoms with Gasteiger partial charge < -0.3 is 10.6 Å². The van der Waals surface area contributed by atoms with Crippen LogP contribution in [0.5, 0.6) is 0 Å². The van der Waals surface area contributed by atoms with Gasteiger partial charge in [0.1, 0.15) is 0 Å². The van der Waals surface area contributed by atoms with Gasteiger partial charge in [-0.3, -0.25) is 0 Å². The maximum atomic E-state index is 5.34. The van der Waals surface area contributed by atoms with Gasteiger partial charge in [0.05, 0.1) is 0 Å². The summed E-state index contributed by atoms with van der Waals surface area (Å²) >= 11 is 7.17. The number of hydrogen-bond acceptors (Lipinski definition) is 2. The number of thiocarbonyl (C=S) groups is 1. The zero-order valence-electron chi connectivity index (χ0n) is 13.0. The van der Waals surface area contributed by atoms with Crippen LogP contribution >= 0.6 is 24.0 Å². The molecule has 0 heterocycles. The van der Waals surface area contributed by atoms with Gasteiger partial charge in [-0.05, 0) is 48.0 Å². The van der Waals surface area contributed by atoms with Crippen molar-refractivity contribution in [3.05, 3.63) is 60.2 Å². The van der Waals surface area contributed by atoms with E-state index in [-0.39, 0.29) is 0 Å². The van der Waals surface area contributed by atoms with Crippen molar-refractivity contribution in [3.63, 3.8) is 0 Å². The number of nitrogens with one attached hydrogen (secondary N) is 2. The molecule has 0 atom stereocenters. The van der Waals surface area contributed by atoms with E-state index in [1.54, 1.807) is 0 Å². The topological polar surface area (TPSA) is 24.1 Å². The number of hydrogen-bond donors (Lipinski definition) is 2. The molecule has 0 aromatic heterocycles. The highest BCUT2D eigenvalue weighted by atomic mass is 32.2. The van der Waals surface area contributed by atoms with E-state index in [0.29, 0.717) is 11.0 Å². The lowest BCUT2D eigenvalue weighted by Crippen LogP contribution is -2.30. The molecule has 2 aromatic carbocycles. The van der Waals surface area contributed by atoms with E-state index in [9.17, 15) is 0 Å². The quantitative estimate of drug-likeness (QED) is 0.447. The van der Waals surface area contributed by atoms with Crippen molar-refractivity contribution in [3.8, 4) is 0 Å². The molecule has 0 aliphatic heterocycles. The van der Waals surface area contributed by atoms with Crippen LogP contribution in [0, 0.1) is 0 Å². The fourth-order valence-electron chi connectivity index (χ4n) is 2.00. The largest absolute Gasteiger partial charge is 0.362 e. The van der Waals surface area contributed by atoms with Crippen molar-refractivity contribution in [2.24, 2.45) is 0 Å². The molecule has 2 N–H and O–H groups in total. The van der Waals surface area contributed by atoms with Crippen LogP contribution in [0.25, 0.3) is 0 Å². The Morgan fingerprint density at radius 3 is 2.59 bits per heavy atom. The molecule has 0 saturated carbocycles. The first kappa shape index (κ1) is 16.8. The Bertz CT molecular complexity index is 597. The molecule has 0 spiro atoms. The van der Waals surface area contributed by atoms with Crippen LogP contribution in [0.2, 0.25) is 0 Å². The Hall–Kier alpha value is -1.52. The van der Waals surface area contributed by atoms with Gasteiger partial charge in [-0.1, -0.05) is 44.2 Å². The number of thioether (sulfide) groups is 1. The second-order valence-electron chi connectivity index (χ2n) is 5.32. The number of rotatable bonds is 6. The Kier molecular flexibility index (Phi) is 6.74. The highest BCUT2D eigenvalue weighted by molar-refractivity contribution is 7.99. The van der Waals surface area contributed by atoms with Gasteiger partial charge in [0.2, 0.25) is 0 Å². The molecule has 116 valence electrons. The summed E-state index contributed by atoms with van der Waals surface area (Å²) in [4.78, 5) is 1.29. The predicted octanol–water partition coefficient (Wildman–Crippen LogP) is 4.89. The summed E-state index contributed by atoms with van der Waals surface area (Å²) in [5, 5.41) is 7.17. The van der Waals surface area contributed by atoms with Gasteiger partial charge in [0.25, 0.3) is 0 Å². The average molecular weight is 331 g/mol. The molecular formula is C18H22N2S2. The lowest BCUT2D eigenvalue weighted by atomic mass is 10.0. The molecule has 0 fully saturated rings. The van der Waals surface area contributed by atoms with Crippen LogP contribution in [0.4, 0.5) is 5.69 Å². The Balaban J connectivity index is 1.73. The number of benzene rings is 2. The first-order chi connectivity index (χ1) is 10.6. The van der Waals surface area contributed by atoms with Gasteiger partial charge in [0.15, 0.2) is 5.11 Å². The van der Waals surface area contributed by atoms with Crippen LogP contribution in [0.1, 0.15) is 25.3 Å². The van der Waals surface area contributed by atoms with Crippen molar-refractivity contribution >= 4 is 34.8 Å². The van der Waals surface area contributed by atoms with Gasteiger partial charge >= 0.3 is 0 Å². The van der Waals surface area contributed by atoms with Crippen LogP contribution in [-0.2, 0) is 0 Å². The summed E-state index contributed by atoms with van der Waals surface area (Å²) < 4.78 is 0. The maximum Gasteiger partial charge on any atom is 0.170 e. The Morgan fingerprint density at radius 2 is 1.86 bits per heavy atom. The number of anilines is 1. The molecule has 2 aromatic rings. The third-order valence-corrected chi connectivity index (χ3v) is 4.47. The average Bonchev–Trinajstić information content (AvgIpc) is 2.53. The molecule has 0 aliphatic carbocycles. The minimum atomic E-state index is 0.519. The second-order valence-corrected chi connectivity index (χ2v) is 6.90. The lowest BCUT2D eigenvalue weighted by Gasteiger charge is -2.12. The van der Waals surface area contributed by atoms with Crippen LogP contribution < -0.4 is 10.6 Å². The summed E-state index contributed by atoms with van der Waals surface area (Å²) in [5.41, 5.74) is 2.35. The molecular weight excluding hydrogens is 308 g/mol. The highest BCUT2D eigenvalue weighted by Gasteiger charge is 2.02. The first-order valence-corrected chi connectivity index (χ1v) is 8.87. The zero-order chi connectivity index (χ0) is 15.8. The Labute approximate surface area is 142 Å². The van der Waals surface area contributed by atoms with E-state index in [4.69, 9.17) is 12.2 Å². The molecule has 0 unspecified atom stereocenters. The van der Waals surface area contributed by atoms with Gasteiger partial charge in [0, 0.05) is 22.9 Å². The molecule has 2 rings (SSSR count). The molecule has 0 bridgehead atoms. The highest BCUT2D eigenvalue weighted by Crippen LogP contribution is 2.18. The van der Waals surface area contributed by atoms with Crippen LogP contribution in [-0.4, -0.2) is 17.4 Å². The Morgan fingerprint density at radius 1 is 1.09 bits per heavy atom. The van der Waals surface area contributed by atoms with E-state index in [2.05, 4.69) is 66.9 Å². The van der Waals surface area contributed by atoms with Gasteiger partial charge in [-0.15, -0.1) is 11.8 Å². The minimum Gasteiger partial charge on any atom is -0.362 e. The van der Waals surface area contributed by atoms with Gasteiger partial charge in [-0.2, -0.15) is 0 Å². The zero-order valence-corrected chi connectivity index (χ0v) is 14.6. The summed E-state index contributed by atoms with van der Waals surface area (Å²) in [5.74, 6) is 1.50. The summed E-state index contributed by atoms with van der Waals surface area (Å²) in [6, 6.07) is 18.8. The first-order valence-electron chi connectivity index (χ1n) is 7.48. The molecule has 2 nitrogen and oxygen atoms in total. The molecule has 0 aliphatic rings. The fraction of sp³-hybridized carbons (Fsp3) is 0.278. The molecule has 22 heavy (non-hydrogen) atoms. The third kappa shape index (κ3) is 5.70. The van der Waals surface area contributed by atoms with Crippen molar-refractivity contribution in [1.82, 2.24) is 5.32 Å². The minimum absolute atomic E-state index is 0.519. The van der Waals surface area contributed by atoms with Gasteiger partial charge in [-0.25, -0.2) is 0 Å². The SMILES string of the molecule is CC(C)c1cccc(NC(=S)NCCSc2ccccc2)c1. The normalized spacial score (nSPS) is 10.5. The van der Waals surface area contributed by atoms with Crippen molar-refractivity contribution in [2.45, 2.75) is 24.7 Å². The monoisotopic (exact) mass is 330 g/mol. The summed E-state index contributed by atoms with van der Waals surface area (Å²) in [6.45, 7) is 5.22. The third-order valence-electron chi connectivity index (χ3n) is 3.21. The lowest BCUT2D eigenvalue weighted by molar-refractivity contribution is 0.867. The standard InChI is InChI=1S/C18H22N2S2/c1-14(2)15-7-6-8-16(13-15)20-18(21)19-11-12-22-17-9-4-3-5-10-17/h3-10,13-14H,11-12H2,1-2H3,(H2,19,20,21). The molecule has 0 saturated heterocycles. The van der Waals surface area contributed by atoms with Crippen LogP contribution in [0.15, 0.2) is 59.5 Å².